The Balaban J connectivity index is 1.55. The summed E-state index contributed by atoms with van der Waals surface area (Å²) in [5.41, 5.74) is 1.96. The summed E-state index contributed by atoms with van der Waals surface area (Å²) in [7, 11) is 1.62. The van der Waals surface area contributed by atoms with Gasteiger partial charge in [0.15, 0.2) is 23.1 Å². The molecule has 8 nitrogen and oxygen atoms in total. The number of rotatable bonds is 4. The van der Waals surface area contributed by atoms with E-state index in [0.29, 0.717) is 24.2 Å². The molecule has 1 fully saturated rings. The second kappa shape index (κ2) is 9.79. The first-order chi connectivity index (χ1) is 19.9. The third-order valence-electron chi connectivity index (χ3n) is 7.97. The van der Waals surface area contributed by atoms with E-state index in [1.807, 2.05) is 35.3 Å². The number of aromatic nitrogens is 1. The number of fused-ring (bicyclic) bond motifs is 7. The largest absolute Gasteiger partial charge is 0.502 e. The Morgan fingerprint density at radius 1 is 1.10 bits per heavy atom. The summed E-state index contributed by atoms with van der Waals surface area (Å²) in [5, 5.41) is 12.6. The van der Waals surface area contributed by atoms with E-state index in [1.54, 1.807) is 18.1 Å². The second-order valence-electron chi connectivity index (χ2n) is 10.2. The van der Waals surface area contributed by atoms with Gasteiger partial charge >= 0.3 is 0 Å². The highest BCUT2D eigenvalue weighted by Crippen LogP contribution is 2.52. The molecule has 1 N–H and O–H groups in total. The predicted molar refractivity (Wildman–Crippen MR) is 149 cm³/mol. The van der Waals surface area contributed by atoms with Crippen molar-refractivity contribution in [3.8, 4) is 27.3 Å². The number of methoxy groups -OCH3 is 1. The number of carbonyl (C=O) groups is 1. The van der Waals surface area contributed by atoms with Crippen LogP contribution in [0, 0.1) is 11.6 Å². The van der Waals surface area contributed by atoms with Gasteiger partial charge in [0, 0.05) is 53.2 Å². The highest BCUT2D eigenvalue weighted by atomic mass is 32.1. The van der Waals surface area contributed by atoms with Crippen molar-refractivity contribution < 1.29 is 28.2 Å². The third kappa shape index (κ3) is 3.83. The Labute approximate surface area is 237 Å². The summed E-state index contributed by atoms with van der Waals surface area (Å²) < 4.78 is 43.5. The molecule has 11 heteroatoms. The van der Waals surface area contributed by atoms with Crippen molar-refractivity contribution in [3.63, 3.8) is 0 Å². The van der Waals surface area contributed by atoms with Crippen molar-refractivity contribution in [2.24, 2.45) is 0 Å². The number of carbonyl (C=O) groups excluding carboxylic acids is 1. The topological polar surface area (TPSA) is 84.2 Å². The molecule has 3 aliphatic rings. The van der Waals surface area contributed by atoms with Gasteiger partial charge in [-0.1, -0.05) is 30.3 Å². The summed E-state index contributed by atoms with van der Waals surface area (Å²) >= 11 is 1.51. The summed E-state index contributed by atoms with van der Waals surface area (Å²) in [6.07, 6.45) is 1.40. The van der Waals surface area contributed by atoms with Gasteiger partial charge in [0.1, 0.15) is 6.17 Å². The summed E-state index contributed by atoms with van der Waals surface area (Å²) in [6, 6.07) is 12.7. The van der Waals surface area contributed by atoms with Crippen molar-refractivity contribution in [2.75, 3.05) is 38.5 Å². The lowest BCUT2D eigenvalue weighted by atomic mass is 9.91. The van der Waals surface area contributed by atoms with Crippen LogP contribution < -0.4 is 10.4 Å². The minimum absolute atomic E-state index is 0.133. The lowest BCUT2D eigenvalue weighted by Gasteiger charge is -2.51. The number of halogens is 2. The maximum atomic E-state index is 16.0. The molecule has 1 aliphatic carbocycles. The van der Waals surface area contributed by atoms with E-state index in [-0.39, 0.29) is 31.0 Å². The first-order valence-electron chi connectivity index (χ1n) is 13.2. The van der Waals surface area contributed by atoms with E-state index in [2.05, 4.69) is 0 Å². The molecule has 0 unspecified atom stereocenters. The SMILES string of the molecule is COCCc1cc2c(s1)-c1ccccc1[C@@H](N1[C@@H]3COCCN3C(=O)c3c(O)c(=O)ccn31)c1ccc(F)c(F)c1-2. The summed E-state index contributed by atoms with van der Waals surface area (Å²) in [5.74, 6) is -3.10. The summed E-state index contributed by atoms with van der Waals surface area (Å²) in [6.45, 7) is 1.14. The average Bonchev–Trinajstić information content (AvgIpc) is 3.36. The molecule has 0 saturated carbocycles. The number of hydrogen-bond acceptors (Lipinski definition) is 7. The Kier molecular flexibility index (Phi) is 6.18. The van der Waals surface area contributed by atoms with Crippen molar-refractivity contribution in [1.82, 2.24) is 9.58 Å². The molecular formula is C30H25F2N3O5S. The number of aromatic hydroxyl groups is 1. The van der Waals surface area contributed by atoms with Crippen LogP contribution in [0.25, 0.3) is 21.6 Å². The fourth-order valence-electron chi connectivity index (χ4n) is 6.15. The number of morpholine rings is 1. The van der Waals surface area contributed by atoms with Crippen molar-refractivity contribution in [1.29, 1.82) is 0 Å². The number of hydrogen-bond donors (Lipinski definition) is 1. The molecule has 2 aromatic heterocycles. The molecule has 0 radical (unpaired) electrons. The maximum Gasteiger partial charge on any atom is 0.278 e. The Hall–Kier alpha value is -4.06. The third-order valence-corrected chi connectivity index (χ3v) is 9.19. The molecule has 2 aromatic carbocycles. The van der Waals surface area contributed by atoms with Gasteiger partial charge < -0.3 is 19.5 Å². The average molecular weight is 578 g/mol. The molecule has 41 heavy (non-hydrogen) atoms. The van der Waals surface area contributed by atoms with Crippen LogP contribution in [0.2, 0.25) is 0 Å². The van der Waals surface area contributed by atoms with Gasteiger partial charge in [0.25, 0.3) is 5.91 Å². The van der Waals surface area contributed by atoms with E-state index in [0.717, 1.165) is 26.9 Å². The molecule has 1 amide bonds. The van der Waals surface area contributed by atoms with Crippen molar-refractivity contribution in [2.45, 2.75) is 18.6 Å². The molecule has 2 aliphatic heterocycles. The summed E-state index contributed by atoms with van der Waals surface area (Å²) in [4.78, 5) is 29.4. The predicted octanol–water partition coefficient (Wildman–Crippen LogP) is 4.27. The van der Waals surface area contributed by atoms with Crippen LogP contribution in [-0.4, -0.2) is 60.2 Å². The normalized spacial score (nSPS) is 19.1. The highest BCUT2D eigenvalue weighted by molar-refractivity contribution is 7.16. The fraction of sp³-hybridized carbons (Fsp3) is 0.267. The smallest absolute Gasteiger partial charge is 0.278 e. The van der Waals surface area contributed by atoms with Crippen LogP contribution in [-0.2, 0) is 15.9 Å². The lowest BCUT2D eigenvalue weighted by Crippen LogP contribution is -2.66. The van der Waals surface area contributed by atoms with Crippen LogP contribution in [0.3, 0.4) is 0 Å². The van der Waals surface area contributed by atoms with Gasteiger partial charge in [-0.15, -0.1) is 11.3 Å². The minimum Gasteiger partial charge on any atom is -0.502 e. The Morgan fingerprint density at radius 2 is 1.93 bits per heavy atom. The fourth-order valence-corrected chi connectivity index (χ4v) is 7.34. The van der Waals surface area contributed by atoms with Crippen LogP contribution in [0.1, 0.15) is 32.5 Å². The number of thiophene rings is 1. The molecule has 0 spiro atoms. The number of pyridine rings is 1. The number of amides is 1. The molecule has 210 valence electrons. The molecule has 0 bridgehead atoms. The van der Waals surface area contributed by atoms with E-state index < -0.39 is 40.9 Å². The van der Waals surface area contributed by atoms with E-state index in [4.69, 9.17) is 9.47 Å². The van der Waals surface area contributed by atoms with Gasteiger partial charge in [0.2, 0.25) is 5.43 Å². The van der Waals surface area contributed by atoms with Crippen LogP contribution in [0.15, 0.2) is 59.5 Å². The van der Waals surface area contributed by atoms with Gasteiger partial charge in [-0.2, -0.15) is 0 Å². The zero-order chi connectivity index (χ0) is 28.4. The van der Waals surface area contributed by atoms with Gasteiger partial charge in [-0.3, -0.25) is 19.3 Å². The van der Waals surface area contributed by atoms with Crippen LogP contribution >= 0.6 is 11.3 Å². The van der Waals surface area contributed by atoms with Crippen LogP contribution in [0.5, 0.6) is 5.75 Å². The zero-order valence-corrected chi connectivity index (χ0v) is 22.8. The van der Waals surface area contributed by atoms with Gasteiger partial charge in [0.05, 0.1) is 25.9 Å². The first kappa shape index (κ1) is 25.9. The van der Waals surface area contributed by atoms with Gasteiger partial charge in [-0.25, -0.2) is 8.78 Å². The highest BCUT2D eigenvalue weighted by Gasteiger charge is 2.46. The second-order valence-corrected chi connectivity index (χ2v) is 11.3. The molecule has 1 saturated heterocycles. The van der Waals surface area contributed by atoms with Gasteiger partial charge in [-0.05, 0) is 28.8 Å². The lowest BCUT2D eigenvalue weighted by molar-refractivity contribution is -0.0196. The van der Waals surface area contributed by atoms with E-state index in [1.165, 1.54) is 28.3 Å². The zero-order valence-electron chi connectivity index (χ0n) is 22.0. The standard InChI is InChI=1S/C30H25F2N3O5S/c1-39-12-9-16-14-20-24-19(6-7-21(31)25(24)32)26(17-4-2-3-5-18(17)29(20)41-16)35-23-15-40-13-11-33(23)30(38)27-28(37)22(36)8-10-34(27)35/h2-8,10,14,23,26,37H,9,11-13,15H2,1H3/t23-,26-/m1/s1. The molecule has 7 rings (SSSR count). The van der Waals surface area contributed by atoms with E-state index >= 15 is 4.39 Å². The molecular weight excluding hydrogens is 552 g/mol. The number of benzene rings is 2. The van der Waals surface area contributed by atoms with Crippen LogP contribution in [0.4, 0.5) is 8.78 Å². The Bertz CT molecular complexity index is 1770. The molecule has 2 atom stereocenters. The quantitative estimate of drug-likeness (QED) is 0.390. The van der Waals surface area contributed by atoms with E-state index in [9.17, 15) is 19.1 Å². The first-order valence-corrected chi connectivity index (χ1v) is 14.0. The number of ether oxygens (including phenoxy) is 2. The van der Waals surface area contributed by atoms with Crippen molar-refractivity contribution >= 4 is 17.2 Å². The van der Waals surface area contributed by atoms with Crippen molar-refractivity contribution in [3.05, 3.63) is 98.3 Å². The Morgan fingerprint density at radius 3 is 2.76 bits per heavy atom. The molecule has 4 aromatic rings. The maximum absolute atomic E-state index is 16.0. The monoisotopic (exact) mass is 577 g/mol. The molecule has 4 heterocycles. The minimum atomic E-state index is -0.970. The number of nitrogens with zero attached hydrogens (tertiary/aromatic N) is 3.